The predicted octanol–water partition coefficient (Wildman–Crippen LogP) is 3.31. The SMILES string of the molecule is COc1cccc(S(=O)(=O)N2CCCC(COCc3ccccc3)C2)c1. The molecule has 0 spiro atoms. The minimum absolute atomic E-state index is 0.216. The number of hydrogen-bond donors (Lipinski definition) is 0. The van der Waals surface area contributed by atoms with E-state index in [1.54, 1.807) is 28.6 Å². The second kappa shape index (κ2) is 8.66. The molecule has 0 aliphatic carbocycles. The van der Waals surface area contributed by atoms with E-state index in [0.29, 0.717) is 32.1 Å². The van der Waals surface area contributed by atoms with Gasteiger partial charge in [0.25, 0.3) is 0 Å². The number of nitrogens with zero attached hydrogens (tertiary/aromatic N) is 1. The molecule has 140 valence electrons. The number of piperidine rings is 1. The van der Waals surface area contributed by atoms with Crippen LogP contribution in [0.2, 0.25) is 0 Å². The maximum absolute atomic E-state index is 12.9. The van der Waals surface area contributed by atoms with Crippen LogP contribution in [0, 0.1) is 5.92 Å². The summed E-state index contributed by atoms with van der Waals surface area (Å²) in [6.45, 7) is 2.17. The Labute approximate surface area is 155 Å². The van der Waals surface area contributed by atoms with E-state index < -0.39 is 10.0 Å². The number of ether oxygens (including phenoxy) is 2. The van der Waals surface area contributed by atoms with Gasteiger partial charge in [-0.25, -0.2) is 8.42 Å². The van der Waals surface area contributed by atoms with E-state index in [9.17, 15) is 8.42 Å². The number of hydrogen-bond acceptors (Lipinski definition) is 4. The Bertz CT molecular complexity index is 808. The van der Waals surface area contributed by atoms with Crippen LogP contribution < -0.4 is 4.74 Å². The van der Waals surface area contributed by atoms with Crippen LogP contribution in [0.5, 0.6) is 5.75 Å². The molecule has 0 aromatic heterocycles. The highest BCUT2D eigenvalue weighted by atomic mass is 32.2. The zero-order chi connectivity index (χ0) is 18.4. The molecule has 5 nitrogen and oxygen atoms in total. The Morgan fingerprint density at radius 2 is 1.92 bits per heavy atom. The van der Waals surface area contributed by atoms with Gasteiger partial charge in [0.2, 0.25) is 10.0 Å². The maximum atomic E-state index is 12.9. The van der Waals surface area contributed by atoms with Gasteiger partial charge in [-0.2, -0.15) is 4.31 Å². The van der Waals surface area contributed by atoms with Crippen molar-refractivity contribution in [2.75, 3.05) is 26.8 Å². The van der Waals surface area contributed by atoms with Crippen molar-refractivity contribution in [2.24, 2.45) is 5.92 Å². The monoisotopic (exact) mass is 375 g/mol. The fraction of sp³-hybridized carbons (Fsp3) is 0.400. The van der Waals surface area contributed by atoms with E-state index in [0.717, 1.165) is 18.4 Å². The van der Waals surface area contributed by atoms with Crippen molar-refractivity contribution in [1.82, 2.24) is 4.31 Å². The first-order valence-corrected chi connectivity index (χ1v) is 10.3. The summed E-state index contributed by atoms with van der Waals surface area (Å²) in [6, 6.07) is 16.7. The van der Waals surface area contributed by atoms with E-state index in [-0.39, 0.29) is 10.8 Å². The third-order valence-electron chi connectivity index (χ3n) is 4.63. The standard InChI is InChI=1S/C20H25NO4S/c1-24-19-10-5-11-20(13-19)26(22,23)21-12-6-9-18(14-21)16-25-15-17-7-3-2-4-8-17/h2-5,7-8,10-11,13,18H,6,9,12,14-16H2,1H3. The van der Waals surface area contributed by atoms with Gasteiger partial charge in [0.15, 0.2) is 0 Å². The normalized spacial score (nSPS) is 18.6. The molecule has 1 atom stereocenters. The molecule has 0 bridgehead atoms. The molecular weight excluding hydrogens is 350 g/mol. The average Bonchev–Trinajstić information content (AvgIpc) is 2.69. The van der Waals surface area contributed by atoms with Gasteiger partial charge >= 0.3 is 0 Å². The van der Waals surface area contributed by atoms with Crippen LogP contribution in [-0.2, 0) is 21.4 Å². The average molecular weight is 375 g/mol. The molecule has 0 amide bonds. The summed E-state index contributed by atoms with van der Waals surface area (Å²) in [4.78, 5) is 0.280. The summed E-state index contributed by atoms with van der Waals surface area (Å²) in [5.74, 6) is 0.763. The highest BCUT2D eigenvalue weighted by Gasteiger charge is 2.30. The van der Waals surface area contributed by atoms with Gasteiger partial charge in [0.1, 0.15) is 5.75 Å². The summed E-state index contributed by atoms with van der Waals surface area (Å²) in [5, 5.41) is 0. The van der Waals surface area contributed by atoms with Crippen LogP contribution in [0.1, 0.15) is 18.4 Å². The topological polar surface area (TPSA) is 55.8 Å². The second-order valence-electron chi connectivity index (χ2n) is 6.55. The molecule has 0 N–H and O–H groups in total. The van der Waals surface area contributed by atoms with Crippen LogP contribution in [0.3, 0.4) is 0 Å². The van der Waals surface area contributed by atoms with Crippen molar-refractivity contribution in [3.05, 3.63) is 60.2 Å². The lowest BCUT2D eigenvalue weighted by atomic mass is 10.0. The van der Waals surface area contributed by atoms with E-state index in [2.05, 4.69) is 0 Å². The maximum Gasteiger partial charge on any atom is 0.243 e. The minimum atomic E-state index is -3.51. The summed E-state index contributed by atoms with van der Waals surface area (Å²) in [7, 11) is -1.97. The Balaban J connectivity index is 1.60. The number of methoxy groups -OCH3 is 1. The molecule has 1 aliphatic rings. The van der Waals surface area contributed by atoms with Gasteiger partial charge < -0.3 is 9.47 Å². The largest absolute Gasteiger partial charge is 0.497 e. The van der Waals surface area contributed by atoms with Crippen LogP contribution in [0.15, 0.2) is 59.5 Å². The number of benzene rings is 2. The number of sulfonamides is 1. The van der Waals surface area contributed by atoms with Crippen molar-refractivity contribution in [2.45, 2.75) is 24.3 Å². The predicted molar refractivity (Wildman–Crippen MR) is 101 cm³/mol. The summed E-state index contributed by atoms with van der Waals surface area (Å²) < 4.78 is 38.4. The molecule has 1 unspecified atom stereocenters. The van der Waals surface area contributed by atoms with E-state index in [1.807, 2.05) is 30.3 Å². The molecule has 2 aromatic rings. The summed E-state index contributed by atoms with van der Waals surface area (Å²) in [5.41, 5.74) is 1.13. The minimum Gasteiger partial charge on any atom is -0.497 e. The lowest BCUT2D eigenvalue weighted by Crippen LogP contribution is -2.41. The third kappa shape index (κ3) is 4.63. The quantitative estimate of drug-likeness (QED) is 0.745. The molecule has 2 aromatic carbocycles. The fourth-order valence-corrected chi connectivity index (χ4v) is 4.80. The van der Waals surface area contributed by atoms with Crippen LogP contribution in [-0.4, -0.2) is 39.5 Å². The highest BCUT2D eigenvalue weighted by molar-refractivity contribution is 7.89. The van der Waals surface area contributed by atoms with Gasteiger partial charge in [-0.05, 0) is 36.5 Å². The van der Waals surface area contributed by atoms with Crippen molar-refractivity contribution < 1.29 is 17.9 Å². The van der Waals surface area contributed by atoms with Gasteiger partial charge in [-0.15, -0.1) is 0 Å². The summed E-state index contributed by atoms with van der Waals surface area (Å²) in [6.07, 6.45) is 1.83. The molecular formula is C20H25NO4S. The van der Waals surface area contributed by atoms with Gasteiger partial charge in [-0.1, -0.05) is 36.4 Å². The molecule has 1 saturated heterocycles. The van der Waals surface area contributed by atoms with E-state index in [4.69, 9.17) is 9.47 Å². The van der Waals surface area contributed by atoms with E-state index in [1.165, 1.54) is 7.11 Å². The second-order valence-corrected chi connectivity index (χ2v) is 8.49. The lowest BCUT2D eigenvalue weighted by Gasteiger charge is -2.31. The Morgan fingerprint density at radius 3 is 2.69 bits per heavy atom. The smallest absolute Gasteiger partial charge is 0.243 e. The molecule has 3 rings (SSSR count). The zero-order valence-corrected chi connectivity index (χ0v) is 15.8. The fourth-order valence-electron chi connectivity index (χ4n) is 3.21. The molecule has 1 aliphatic heterocycles. The highest BCUT2D eigenvalue weighted by Crippen LogP contribution is 2.26. The first-order chi connectivity index (χ1) is 12.6. The van der Waals surface area contributed by atoms with Crippen molar-refractivity contribution >= 4 is 10.0 Å². The molecule has 1 fully saturated rings. The Hall–Kier alpha value is -1.89. The van der Waals surface area contributed by atoms with Crippen LogP contribution in [0.4, 0.5) is 0 Å². The molecule has 0 radical (unpaired) electrons. The van der Waals surface area contributed by atoms with Crippen molar-refractivity contribution in [3.63, 3.8) is 0 Å². The van der Waals surface area contributed by atoms with Gasteiger partial charge in [-0.3, -0.25) is 0 Å². The number of rotatable bonds is 7. The molecule has 0 saturated carbocycles. The molecule has 1 heterocycles. The van der Waals surface area contributed by atoms with Gasteiger partial charge in [0, 0.05) is 19.2 Å². The van der Waals surface area contributed by atoms with Crippen molar-refractivity contribution in [3.8, 4) is 5.75 Å². The first-order valence-electron chi connectivity index (χ1n) is 8.85. The van der Waals surface area contributed by atoms with Gasteiger partial charge in [0.05, 0.1) is 25.2 Å². The molecule has 6 heteroatoms. The van der Waals surface area contributed by atoms with Crippen LogP contribution >= 0.6 is 0 Å². The Morgan fingerprint density at radius 1 is 1.12 bits per heavy atom. The van der Waals surface area contributed by atoms with Crippen molar-refractivity contribution in [1.29, 1.82) is 0 Å². The Kier molecular flexibility index (Phi) is 6.29. The zero-order valence-electron chi connectivity index (χ0n) is 15.0. The third-order valence-corrected chi connectivity index (χ3v) is 6.49. The molecule has 26 heavy (non-hydrogen) atoms. The first kappa shape index (κ1) is 18.9. The summed E-state index contributed by atoms with van der Waals surface area (Å²) >= 11 is 0. The lowest BCUT2D eigenvalue weighted by molar-refractivity contribution is 0.0672. The van der Waals surface area contributed by atoms with Crippen LogP contribution in [0.25, 0.3) is 0 Å². The van der Waals surface area contributed by atoms with E-state index >= 15 is 0 Å².